The van der Waals surface area contributed by atoms with Gasteiger partial charge in [0.2, 0.25) is 0 Å². The van der Waals surface area contributed by atoms with Crippen LogP contribution in [0.1, 0.15) is 36.9 Å². The van der Waals surface area contributed by atoms with Crippen LogP contribution in [0.15, 0.2) is 24.3 Å². The summed E-state index contributed by atoms with van der Waals surface area (Å²) in [5.74, 6) is 0. The Morgan fingerprint density at radius 1 is 1.38 bits per heavy atom. The maximum Gasteiger partial charge on any atom is 0.0346 e. The van der Waals surface area contributed by atoms with Crippen molar-refractivity contribution in [2.45, 2.75) is 38.8 Å². The van der Waals surface area contributed by atoms with Crippen molar-refractivity contribution in [1.82, 2.24) is 4.90 Å². The first kappa shape index (κ1) is 11.6. The number of likely N-dealkylation sites (tertiary alicyclic amines) is 1. The number of nitrogens with zero attached hydrogens (tertiary/aromatic N) is 1. The standard InChI is InChI=1S/C14H22N2/c1-3-14(16-9-8-13(15)10-16)12-6-4-11(2)5-7-12/h4-7,13-14H,3,8-10,15H2,1-2H3. The highest BCUT2D eigenvalue weighted by Gasteiger charge is 2.25. The summed E-state index contributed by atoms with van der Waals surface area (Å²) >= 11 is 0. The van der Waals surface area contributed by atoms with Crippen molar-refractivity contribution in [1.29, 1.82) is 0 Å². The molecule has 2 nitrogen and oxygen atoms in total. The molecular weight excluding hydrogens is 196 g/mol. The van der Waals surface area contributed by atoms with Crippen LogP contribution in [0.25, 0.3) is 0 Å². The van der Waals surface area contributed by atoms with Gasteiger partial charge in [-0.3, -0.25) is 4.90 Å². The minimum Gasteiger partial charge on any atom is -0.326 e. The molecule has 2 atom stereocenters. The normalized spacial score (nSPS) is 23.6. The van der Waals surface area contributed by atoms with Gasteiger partial charge in [-0.1, -0.05) is 36.8 Å². The van der Waals surface area contributed by atoms with E-state index in [0.29, 0.717) is 12.1 Å². The quantitative estimate of drug-likeness (QED) is 0.844. The van der Waals surface area contributed by atoms with Crippen LogP contribution >= 0.6 is 0 Å². The maximum atomic E-state index is 5.98. The van der Waals surface area contributed by atoms with E-state index in [9.17, 15) is 0 Å². The fraction of sp³-hybridized carbons (Fsp3) is 0.571. The van der Waals surface area contributed by atoms with Gasteiger partial charge >= 0.3 is 0 Å². The molecule has 2 heteroatoms. The van der Waals surface area contributed by atoms with E-state index < -0.39 is 0 Å². The zero-order valence-corrected chi connectivity index (χ0v) is 10.3. The van der Waals surface area contributed by atoms with Crippen LogP contribution in [-0.2, 0) is 0 Å². The summed E-state index contributed by atoms with van der Waals surface area (Å²) in [6, 6.07) is 9.84. The molecule has 2 N–H and O–H groups in total. The molecule has 0 amide bonds. The molecule has 1 aromatic rings. The van der Waals surface area contributed by atoms with Gasteiger partial charge in [0.1, 0.15) is 0 Å². The highest BCUT2D eigenvalue weighted by atomic mass is 15.2. The molecule has 0 aliphatic carbocycles. The lowest BCUT2D eigenvalue weighted by Gasteiger charge is -2.27. The van der Waals surface area contributed by atoms with Crippen molar-refractivity contribution in [2.24, 2.45) is 5.73 Å². The summed E-state index contributed by atoms with van der Waals surface area (Å²) in [6.07, 6.45) is 2.30. The van der Waals surface area contributed by atoms with E-state index in [0.717, 1.165) is 25.9 Å². The molecule has 1 fully saturated rings. The first-order chi connectivity index (χ1) is 7.70. The van der Waals surface area contributed by atoms with Crippen molar-refractivity contribution in [3.05, 3.63) is 35.4 Å². The van der Waals surface area contributed by atoms with Crippen LogP contribution in [0.4, 0.5) is 0 Å². The first-order valence-electron chi connectivity index (χ1n) is 6.27. The average molecular weight is 218 g/mol. The topological polar surface area (TPSA) is 29.3 Å². The van der Waals surface area contributed by atoms with Gasteiger partial charge in [0.05, 0.1) is 0 Å². The third kappa shape index (κ3) is 2.45. The minimum atomic E-state index is 0.375. The van der Waals surface area contributed by atoms with Crippen LogP contribution in [0, 0.1) is 6.92 Å². The predicted molar refractivity (Wildman–Crippen MR) is 68.4 cm³/mol. The second kappa shape index (κ2) is 4.98. The fourth-order valence-electron chi connectivity index (χ4n) is 2.59. The monoisotopic (exact) mass is 218 g/mol. The van der Waals surface area contributed by atoms with Gasteiger partial charge < -0.3 is 5.73 Å². The molecule has 1 saturated heterocycles. The molecule has 0 saturated carbocycles. The van der Waals surface area contributed by atoms with Gasteiger partial charge in [0.25, 0.3) is 0 Å². The highest BCUT2D eigenvalue weighted by molar-refractivity contribution is 5.24. The largest absolute Gasteiger partial charge is 0.326 e. The second-order valence-electron chi connectivity index (χ2n) is 4.88. The number of hydrogen-bond donors (Lipinski definition) is 1. The average Bonchev–Trinajstić information content (AvgIpc) is 2.69. The number of nitrogens with two attached hydrogens (primary N) is 1. The predicted octanol–water partition coefficient (Wildman–Crippen LogP) is 2.48. The Kier molecular flexibility index (Phi) is 3.62. The third-order valence-electron chi connectivity index (χ3n) is 3.55. The zero-order chi connectivity index (χ0) is 11.5. The molecule has 2 rings (SSSR count). The van der Waals surface area contributed by atoms with E-state index in [1.165, 1.54) is 11.1 Å². The fourth-order valence-corrected chi connectivity index (χ4v) is 2.59. The molecule has 16 heavy (non-hydrogen) atoms. The molecule has 88 valence electrons. The lowest BCUT2D eigenvalue weighted by Crippen LogP contribution is -2.29. The van der Waals surface area contributed by atoms with Gasteiger partial charge in [-0.2, -0.15) is 0 Å². The lowest BCUT2D eigenvalue weighted by molar-refractivity contribution is 0.236. The van der Waals surface area contributed by atoms with Crippen molar-refractivity contribution >= 4 is 0 Å². The minimum absolute atomic E-state index is 0.375. The molecule has 0 bridgehead atoms. The molecule has 1 heterocycles. The first-order valence-corrected chi connectivity index (χ1v) is 6.27. The maximum absolute atomic E-state index is 5.98. The van der Waals surface area contributed by atoms with E-state index in [1.54, 1.807) is 0 Å². The molecular formula is C14H22N2. The van der Waals surface area contributed by atoms with E-state index >= 15 is 0 Å². The molecule has 1 aliphatic heterocycles. The summed E-state index contributed by atoms with van der Waals surface area (Å²) < 4.78 is 0. The Morgan fingerprint density at radius 2 is 2.06 bits per heavy atom. The van der Waals surface area contributed by atoms with Gasteiger partial charge in [0.15, 0.2) is 0 Å². The number of hydrogen-bond acceptors (Lipinski definition) is 2. The summed E-state index contributed by atoms with van der Waals surface area (Å²) in [7, 11) is 0. The molecule has 0 aromatic heterocycles. The molecule has 1 aliphatic rings. The van der Waals surface area contributed by atoms with E-state index in [1.807, 2.05) is 0 Å². The zero-order valence-electron chi connectivity index (χ0n) is 10.3. The summed E-state index contributed by atoms with van der Waals surface area (Å²) in [5, 5.41) is 0. The summed E-state index contributed by atoms with van der Waals surface area (Å²) in [4.78, 5) is 2.52. The summed E-state index contributed by atoms with van der Waals surface area (Å²) in [5.41, 5.74) is 8.74. The highest BCUT2D eigenvalue weighted by Crippen LogP contribution is 2.27. The Hall–Kier alpha value is -0.860. The number of rotatable bonds is 3. The van der Waals surface area contributed by atoms with Gasteiger partial charge in [-0.05, 0) is 25.3 Å². The molecule has 2 unspecified atom stereocenters. The van der Waals surface area contributed by atoms with Gasteiger partial charge in [0, 0.05) is 25.2 Å². The SMILES string of the molecule is CCC(c1ccc(C)cc1)N1CCC(N)C1. The van der Waals surface area contributed by atoms with Crippen LogP contribution in [-0.4, -0.2) is 24.0 Å². The van der Waals surface area contributed by atoms with Crippen LogP contribution < -0.4 is 5.73 Å². The number of benzene rings is 1. The molecule has 0 spiro atoms. The van der Waals surface area contributed by atoms with Crippen molar-refractivity contribution in [3.8, 4) is 0 Å². The van der Waals surface area contributed by atoms with E-state index in [2.05, 4.69) is 43.0 Å². The van der Waals surface area contributed by atoms with Crippen molar-refractivity contribution in [2.75, 3.05) is 13.1 Å². The van der Waals surface area contributed by atoms with Crippen LogP contribution in [0.3, 0.4) is 0 Å². The van der Waals surface area contributed by atoms with Crippen molar-refractivity contribution < 1.29 is 0 Å². The van der Waals surface area contributed by atoms with Crippen molar-refractivity contribution in [3.63, 3.8) is 0 Å². The van der Waals surface area contributed by atoms with E-state index in [-0.39, 0.29) is 0 Å². The van der Waals surface area contributed by atoms with Gasteiger partial charge in [-0.15, -0.1) is 0 Å². The second-order valence-corrected chi connectivity index (χ2v) is 4.88. The number of aryl methyl sites for hydroxylation is 1. The lowest BCUT2D eigenvalue weighted by atomic mass is 10.0. The summed E-state index contributed by atoms with van der Waals surface area (Å²) in [6.45, 7) is 6.59. The third-order valence-corrected chi connectivity index (χ3v) is 3.55. The Bertz CT molecular complexity index is 331. The Balaban J connectivity index is 2.13. The van der Waals surface area contributed by atoms with E-state index in [4.69, 9.17) is 5.73 Å². The van der Waals surface area contributed by atoms with Crippen LogP contribution in [0.2, 0.25) is 0 Å². The smallest absolute Gasteiger partial charge is 0.0346 e. The molecule has 1 aromatic carbocycles. The van der Waals surface area contributed by atoms with Crippen LogP contribution in [0.5, 0.6) is 0 Å². The Labute approximate surface area is 98.4 Å². The molecule has 0 radical (unpaired) electrons. The van der Waals surface area contributed by atoms with Gasteiger partial charge in [-0.25, -0.2) is 0 Å². The Morgan fingerprint density at radius 3 is 2.56 bits per heavy atom.